The molecule has 1 aliphatic heterocycles. The zero-order valence-electron chi connectivity index (χ0n) is 9.60. The van der Waals surface area contributed by atoms with Gasteiger partial charge in [-0.3, -0.25) is 9.10 Å². The Bertz CT molecular complexity index is 245. The van der Waals surface area contributed by atoms with Gasteiger partial charge in [0, 0.05) is 13.5 Å². The van der Waals surface area contributed by atoms with Crippen molar-refractivity contribution in [3.8, 4) is 0 Å². The zero-order valence-corrected chi connectivity index (χ0v) is 10.4. The molecule has 0 aliphatic carbocycles. The largest absolute Gasteiger partial charge is 0.302 e. The summed E-state index contributed by atoms with van der Waals surface area (Å²) in [7, 11) is 0. The van der Waals surface area contributed by atoms with E-state index in [2.05, 4.69) is 13.8 Å². The molecule has 0 bridgehead atoms. The summed E-state index contributed by atoms with van der Waals surface area (Å²) in [5, 5.41) is -0.0589. The third kappa shape index (κ3) is 3.86. The van der Waals surface area contributed by atoms with Gasteiger partial charge in [-0.25, -0.2) is 0 Å². The van der Waals surface area contributed by atoms with E-state index in [0.717, 1.165) is 25.7 Å². The van der Waals surface area contributed by atoms with E-state index in [1.54, 1.807) is 11.2 Å². The lowest BCUT2D eigenvalue weighted by Crippen LogP contribution is -2.33. The van der Waals surface area contributed by atoms with Crippen LogP contribution >= 0.6 is 11.9 Å². The summed E-state index contributed by atoms with van der Waals surface area (Å²) in [6, 6.07) is 0. The minimum Gasteiger partial charge on any atom is -0.302 e. The van der Waals surface area contributed by atoms with Crippen molar-refractivity contribution in [3.63, 3.8) is 0 Å². The highest BCUT2D eigenvalue weighted by Gasteiger charge is 2.25. The van der Waals surface area contributed by atoms with Crippen LogP contribution in [0.25, 0.3) is 0 Å². The van der Waals surface area contributed by atoms with Gasteiger partial charge < -0.3 is 4.79 Å². The minimum atomic E-state index is -0.0589. The van der Waals surface area contributed by atoms with Gasteiger partial charge in [0.05, 0.1) is 5.25 Å². The normalized spacial score (nSPS) is 33.0. The van der Waals surface area contributed by atoms with Gasteiger partial charge in [-0.2, -0.15) is 0 Å². The van der Waals surface area contributed by atoms with Crippen molar-refractivity contribution in [2.45, 2.75) is 38.9 Å². The van der Waals surface area contributed by atoms with E-state index >= 15 is 0 Å². The third-order valence-corrected chi connectivity index (χ3v) is 3.92. The Morgan fingerprint density at radius 2 is 2.00 bits per heavy atom. The van der Waals surface area contributed by atoms with Gasteiger partial charge in [-0.1, -0.05) is 13.8 Å². The molecule has 0 N–H and O–H groups in total. The maximum absolute atomic E-state index is 11.3. The van der Waals surface area contributed by atoms with Crippen molar-refractivity contribution >= 4 is 24.1 Å². The van der Waals surface area contributed by atoms with Gasteiger partial charge in [0.1, 0.15) is 6.29 Å². The molecule has 0 radical (unpaired) electrons. The molecule has 3 nitrogen and oxygen atoms in total. The number of carbonyl (C=O) groups is 2. The van der Waals surface area contributed by atoms with E-state index in [-0.39, 0.29) is 11.2 Å². The molecular weight excluding hydrogens is 210 g/mol. The van der Waals surface area contributed by atoms with E-state index in [4.69, 9.17) is 0 Å². The second kappa shape index (κ2) is 5.54. The van der Waals surface area contributed by atoms with E-state index < -0.39 is 0 Å². The van der Waals surface area contributed by atoms with Crippen molar-refractivity contribution < 1.29 is 9.59 Å². The summed E-state index contributed by atoms with van der Waals surface area (Å²) in [5.41, 5.74) is 0. The van der Waals surface area contributed by atoms with Crippen LogP contribution in [0.4, 0.5) is 0 Å². The number of hydrogen-bond acceptors (Lipinski definition) is 3. The Morgan fingerprint density at radius 3 is 2.53 bits per heavy atom. The van der Waals surface area contributed by atoms with Crippen LogP contribution in [0, 0.1) is 11.8 Å². The molecule has 0 aromatic rings. The Balaban J connectivity index is 2.68. The summed E-state index contributed by atoms with van der Waals surface area (Å²) in [4.78, 5) is 22.2. The first-order chi connectivity index (χ1) is 7.02. The number of aldehydes is 1. The van der Waals surface area contributed by atoms with E-state index in [9.17, 15) is 9.59 Å². The highest BCUT2D eigenvalue weighted by Crippen LogP contribution is 2.30. The maximum atomic E-state index is 11.3. The average molecular weight is 229 g/mol. The quantitative estimate of drug-likeness (QED) is 0.510. The molecule has 0 aromatic carbocycles. The van der Waals surface area contributed by atoms with Crippen molar-refractivity contribution in [1.29, 1.82) is 0 Å². The second-order valence-corrected chi connectivity index (χ2v) is 5.80. The summed E-state index contributed by atoms with van der Waals surface area (Å²) in [6.45, 7) is 6.66. The van der Waals surface area contributed by atoms with Crippen LogP contribution in [-0.2, 0) is 9.59 Å². The highest BCUT2D eigenvalue weighted by atomic mass is 32.2. The number of hydrogen-bond donors (Lipinski definition) is 0. The van der Waals surface area contributed by atoms with Gasteiger partial charge in [0.2, 0.25) is 5.91 Å². The Labute approximate surface area is 95.7 Å². The third-order valence-electron chi connectivity index (χ3n) is 2.68. The molecule has 1 saturated heterocycles. The van der Waals surface area contributed by atoms with Crippen LogP contribution in [0.3, 0.4) is 0 Å². The summed E-state index contributed by atoms with van der Waals surface area (Å²) in [5.74, 6) is 1.13. The fourth-order valence-electron chi connectivity index (χ4n) is 2.07. The lowest BCUT2D eigenvalue weighted by Gasteiger charge is -2.31. The Kier molecular flexibility index (Phi) is 4.64. The van der Waals surface area contributed by atoms with Crippen molar-refractivity contribution in [3.05, 3.63) is 0 Å². The van der Waals surface area contributed by atoms with Crippen molar-refractivity contribution in [2.24, 2.45) is 11.8 Å². The topological polar surface area (TPSA) is 37.4 Å². The molecule has 3 unspecified atom stereocenters. The Morgan fingerprint density at radius 1 is 1.33 bits per heavy atom. The van der Waals surface area contributed by atoms with Gasteiger partial charge in [0.25, 0.3) is 0 Å². The fourth-order valence-corrected chi connectivity index (χ4v) is 3.35. The molecule has 0 aromatic heterocycles. The standard InChI is InChI=1S/C11H19NO2S/c1-8-4-9(2)6-12(10(3)14)15-11(5-8)7-13/h7-9,11H,4-6H2,1-3H3. The SMILES string of the molecule is CC(=O)N1CC(C)CC(C)CC(C=O)S1. The van der Waals surface area contributed by atoms with E-state index in [1.807, 2.05) is 0 Å². The zero-order chi connectivity index (χ0) is 11.4. The Hall–Kier alpha value is -0.510. The summed E-state index contributed by atoms with van der Waals surface area (Å²) < 4.78 is 1.73. The van der Waals surface area contributed by atoms with E-state index in [0.29, 0.717) is 11.8 Å². The molecule has 86 valence electrons. The van der Waals surface area contributed by atoms with Gasteiger partial charge in [-0.15, -0.1) is 0 Å². The monoisotopic (exact) mass is 229 g/mol. The predicted molar refractivity (Wildman–Crippen MR) is 62.4 cm³/mol. The molecule has 1 aliphatic rings. The molecule has 4 heteroatoms. The summed E-state index contributed by atoms with van der Waals surface area (Å²) >= 11 is 1.40. The number of rotatable bonds is 1. The highest BCUT2D eigenvalue weighted by molar-refractivity contribution is 7.98. The predicted octanol–water partition coefficient (Wildman–Crippen LogP) is 2.12. The van der Waals surface area contributed by atoms with Crippen LogP contribution in [0.1, 0.15) is 33.6 Å². The minimum absolute atomic E-state index is 0.0493. The molecular formula is C11H19NO2S. The van der Waals surface area contributed by atoms with Crippen LogP contribution in [0.2, 0.25) is 0 Å². The number of nitrogens with zero attached hydrogens (tertiary/aromatic N) is 1. The molecule has 15 heavy (non-hydrogen) atoms. The number of amides is 1. The first-order valence-corrected chi connectivity index (χ1v) is 6.26. The van der Waals surface area contributed by atoms with Gasteiger partial charge in [-0.05, 0) is 36.6 Å². The average Bonchev–Trinajstić information content (AvgIpc) is 2.12. The van der Waals surface area contributed by atoms with Crippen LogP contribution < -0.4 is 0 Å². The van der Waals surface area contributed by atoms with Crippen molar-refractivity contribution in [2.75, 3.05) is 6.54 Å². The molecule has 0 saturated carbocycles. The molecule has 0 spiro atoms. The fraction of sp³-hybridized carbons (Fsp3) is 0.818. The smallest absolute Gasteiger partial charge is 0.229 e. The second-order valence-electron chi connectivity index (χ2n) is 4.54. The van der Waals surface area contributed by atoms with Crippen LogP contribution in [0.15, 0.2) is 0 Å². The van der Waals surface area contributed by atoms with E-state index in [1.165, 1.54) is 11.9 Å². The molecule has 1 amide bonds. The molecule has 1 fully saturated rings. The molecule has 3 atom stereocenters. The maximum Gasteiger partial charge on any atom is 0.229 e. The lowest BCUT2D eigenvalue weighted by molar-refractivity contribution is -0.124. The van der Waals surface area contributed by atoms with Crippen LogP contribution in [0.5, 0.6) is 0 Å². The van der Waals surface area contributed by atoms with Gasteiger partial charge in [0.15, 0.2) is 0 Å². The van der Waals surface area contributed by atoms with Crippen molar-refractivity contribution in [1.82, 2.24) is 4.31 Å². The first kappa shape index (κ1) is 12.6. The first-order valence-electron chi connectivity index (χ1n) is 5.43. The lowest BCUT2D eigenvalue weighted by atomic mass is 9.93. The molecule has 1 rings (SSSR count). The number of carbonyl (C=O) groups excluding carboxylic acids is 2. The van der Waals surface area contributed by atoms with Crippen LogP contribution in [-0.4, -0.2) is 28.3 Å². The molecule has 1 heterocycles. The van der Waals surface area contributed by atoms with Gasteiger partial charge >= 0.3 is 0 Å². The summed E-state index contributed by atoms with van der Waals surface area (Å²) in [6.07, 6.45) is 2.93.